The Morgan fingerprint density at radius 3 is 2.93 bits per heavy atom. The van der Waals surface area contributed by atoms with Gasteiger partial charge >= 0.3 is 0 Å². The van der Waals surface area contributed by atoms with Crippen LogP contribution in [-0.2, 0) is 9.53 Å². The fraction of sp³-hybridized carbons (Fsp3) is 0.909. The molecule has 0 aromatic rings. The van der Waals surface area contributed by atoms with Crippen molar-refractivity contribution in [3.8, 4) is 0 Å². The summed E-state index contributed by atoms with van der Waals surface area (Å²) in [5, 5.41) is 9.40. The number of nitrogens with zero attached hydrogens (tertiary/aromatic N) is 1. The van der Waals surface area contributed by atoms with E-state index in [4.69, 9.17) is 4.74 Å². The minimum Gasteiger partial charge on any atom is -0.393 e. The molecule has 88 valence electrons. The lowest BCUT2D eigenvalue weighted by Crippen LogP contribution is -2.31. The molecule has 2 unspecified atom stereocenters. The predicted molar refractivity (Wildman–Crippen MR) is 57.5 cm³/mol. The number of hydrogen-bond donors (Lipinski definition) is 1. The summed E-state index contributed by atoms with van der Waals surface area (Å²) in [7, 11) is 0. The van der Waals surface area contributed by atoms with Crippen LogP contribution in [-0.4, -0.2) is 48.3 Å². The van der Waals surface area contributed by atoms with Crippen molar-refractivity contribution in [1.29, 1.82) is 0 Å². The third kappa shape index (κ3) is 3.80. The van der Waals surface area contributed by atoms with Crippen molar-refractivity contribution < 1.29 is 14.6 Å². The molecule has 1 aliphatic heterocycles. The monoisotopic (exact) mass is 215 g/mol. The quantitative estimate of drug-likeness (QED) is 0.685. The van der Waals surface area contributed by atoms with E-state index in [2.05, 4.69) is 0 Å². The Balaban J connectivity index is 2.24. The van der Waals surface area contributed by atoms with Gasteiger partial charge in [-0.25, -0.2) is 0 Å². The zero-order chi connectivity index (χ0) is 11.3. The van der Waals surface area contributed by atoms with Gasteiger partial charge in [-0.3, -0.25) is 4.79 Å². The van der Waals surface area contributed by atoms with E-state index < -0.39 is 0 Å². The Labute approximate surface area is 91.2 Å². The van der Waals surface area contributed by atoms with E-state index in [1.807, 2.05) is 11.8 Å². The summed E-state index contributed by atoms with van der Waals surface area (Å²) < 4.78 is 5.14. The minimum atomic E-state index is -0.310. The number of amides is 1. The van der Waals surface area contributed by atoms with Crippen LogP contribution in [0.5, 0.6) is 0 Å². The van der Waals surface area contributed by atoms with Crippen LogP contribution in [0.15, 0.2) is 0 Å². The third-order valence-electron chi connectivity index (χ3n) is 2.92. The predicted octanol–water partition coefficient (Wildman–Crippen LogP) is 0.642. The van der Waals surface area contributed by atoms with Gasteiger partial charge < -0.3 is 14.7 Å². The summed E-state index contributed by atoms with van der Waals surface area (Å²) in [4.78, 5) is 13.5. The van der Waals surface area contributed by atoms with Crippen LogP contribution < -0.4 is 0 Å². The molecule has 0 aromatic heterocycles. The molecule has 15 heavy (non-hydrogen) atoms. The average molecular weight is 215 g/mol. The van der Waals surface area contributed by atoms with Crippen LogP contribution >= 0.6 is 0 Å². The van der Waals surface area contributed by atoms with E-state index in [-0.39, 0.29) is 17.9 Å². The van der Waals surface area contributed by atoms with Crippen molar-refractivity contribution in [2.45, 2.75) is 32.8 Å². The molecule has 0 saturated carbocycles. The molecule has 0 aromatic carbocycles. The van der Waals surface area contributed by atoms with Gasteiger partial charge in [-0.05, 0) is 20.3 Å². The second-order valence-electron chi connectivity index (χ2n) is 4.08. The van der Waals surface area contributed by atoms with Gasteiger partial charge in [0, 0.05) is 25.6 Å². The fourth-order valence-corrected chi connectivity index (χ4v) is 1.87. The van der Waals surface area contributed by atoms with Crippen LogP contribution in [0.25, 0.3) is 0 Å². The molecule has 4 heteroatoms. The highest BCUT2D eigenvalue weighted by Gasteiger charge is 2.28. The molecule has 0 aliphatic carbocycles. The van der Waals surface area contributed by atoms with Gasteiger partial charge in [0.05, 0.1) is 19.1 Å². The maximum atomic E-state index is 11.7. The second-order valence-corrected chi connectivity index (χ2v) is 4.08. The first-order valence-electron chi connectivity index (χ1n) is 5.68. The minimum absolute atomic E-state index is 0.145. The number of likely N-dealkylation sites (tertiary alicyclic amines) is 1. The Morgan fingerprint density at radius 2 is 2.40 bits per heavy atom. The van der Waals surface area contributed by atoms with Gasteiger partial charge in [-0.15, -0.1) is 0 Å². The van der Waals surface area contributed by atoms with E-state index in [9.17, 15) is 9.90 Å². The molecule has 1 saturated heterocycles. The Kier molecular flexibility index (Phi) is 5.05. The number of aliphatic hydroxyl groups is 1. The summed E-state index contributed by atoms with van der Waals surface area (Å²) in [6, 6.07) is 0. The number of aliphatic hydroxyl groups excluding tert-OH is 1. The third-order valence-corrected chi connectivity index (χ3v) is 2.92. The zero-order valence-electron chi connectivity index (χ0n) is 9.61. The van der Waals surface area contributed by atoms with Crippen molar-refractivity contribution in [3.05, 3.63) is 0 Å². The molecule has 1 amide bonds. The molecular weight excluding hydrogens is 194 g/mol. The summed E-state index contributed by atoms with van der Waals surface area (Å²) in [6.45, 7) is 6.35. The van der Waals surface area contributed by atoms with Crippen molar-refractivity contribution in [1.82, 2.24) is 4.90 Å². The summed E-state index contributed by atoms with van der Waals surface area (Å²) in [6.07, 6.45) is 1.06. The lowest BCUT2D eigenvalue weighted by atomic mass is 10.0. The topological polar surface area (TPSA) is 49.8 Å². The summed E-state index contributed by atoms with van der Waals surface area (Å²) in [5.41, 5.74) is 0. The number of ether oxygens (including phenoxy) is 1. The lowest BCUT2D eigenvalue weighted by molar-refractivity contribution is -0.131. The molecule has 1 heterocycles. The van der Waals surface area contributed by atoms with E-state index in [0.29, 0.717) is 26.2 Å². The molecule has 0 spiro atoms. The van der Waals surface area contributed by atoms with Gasteiger partial charge in [-0.2, -0.15) is 0 Å². The molecule has 1 N–H and O–H groups in total. The maximum Gasteiger partial charge on any atom is 0.224 e. The van der Waals surface area contributed by atoms with E-state index in [1.54, 1.807) is 6.92 Å². The van der Waals surface area contributed by atoms with Crippen LogP contribution in [0, 0.1) is 5.92 Å². The first-order valence-corrected chi connectivity index (χ1v) is 5.68. The SMILES string of the molecule is CCOCCC(=O)N1CCC(C(C)O)C1. The van der Waals surface area contributed by atoms with Crippen LogP contribution in [0.4, 0.5) is 0 Å². The second kappa shape index (κ2) is 6.08. The van der Waals surface area contributed by atoms with Crippen LogP contribution in [0.1, 0.15) is 26.7 Å². The Hall–Kier alpha value is -0.610. The molecule has 0 radical (unpaired) electrons. The summed E-state index contributed by atoms with van der Waals surface area (Å²) in [5.74, 6) is 0.396. The zero-order valence-corrected chi connectivity index (χ0v) is 9.61. The standard InChI is InChI=1S/C11H21NO3/c1-3-15-7-5-11(14)12-6-4-10(8-12)9(2)13/h9-10,13H,3-8H2,1-2H3. The summed E-state index contributed by atoms with van der Waals surface area (Å²) >= 11 is 0. The van der Waals surface area contributed by atoms with Gasteiger partial charge in [-0.1, -0.05) is 0 Å². The number of hydrogen-bond acceptors (Lipinski definition) is 3. The van der Waals surface area contributed by atoms with E-state index in [1.165, 1.54) is 0 Å². The smallest absolute Gasteiger partial charge is 0.224 e. The molecule has 1 rings (SSSR count). The van der Waals surface area contributed by atoms with Gasteiger partial charge in [0.2, 0.25) is 5.91 Å². The largest absolute Gasteiger partial charge is 0.393 e. The Morgan fingerprint density at radius 1 is 1.67 bits per heavy atom. The molecule has 0 bridgehead atoms. The number of carbonyl (C=O) groups excluding carboxylic acids is 1. The maximum absolute atomic E-state index is 11.7. The van der Waals surface area contributed by atoms with Crippen molar-refractivity contribution in [2.24, 2.45) is 5.92 Å². The fourth-order valence-electron chi connectivity index (χ4n) is 1.87. The van der Waals surface area contributed by atoms with Crippen molar-refractivity contribution in [2.75, 3.05) is 26.3 Å². The van der Waals surface area contributed by atoms with Crippen LogP contribution in [0.2, 0.25) is 0 Å². The normalized spacial score (nSPS) is 23.1. The highest BCUT2D eigenvalue weighted by molar-refractivity contribution is 5.76. The number of rotatable bonds is 5. The number of carbonyl (C=O) groups is 1. The average Bonchev–Trinajstić information content (AvgIpc) is 2.66. The first kappa shape index (κ1) is 12.5. The van der Waals surface area contributed by atoms with E-state index in [0.717, 1.165) is 13.0 Å². The van der Waals surface area contributed by atoms with Crippen molar-refractivity contribution >= 4 is 5.91 Å². The molecule has 2 atom stereocenters. The molecule has 1 fully saturated rings. The molecular formula is C11H21NO3. The lowest BCUT2D eigenvalue weighted by Gasteiger charge is -2.17. The highest BCUT2D eigenvalue weighted by atomic mass is 16.5. The van der Waals surface area contributed by atoms with Gasteiger partial charge in [0.25, 0.3) is 0 Å². The van der Waals surface area contributed by atoms with Crippen molar-refractivity contribution in [3.63, 3.8) is 0 Å². The van der Waals surface area contributed by atoms with Gasteiger partial charge in [0.15, 0.2) is 0 Å². The van der Waals surface area contributed by atoms with Gasteiger partial charge in [0.1, 0.15) is 0 Å². The first-order chi connectivity index (χ1) is 7.15. The highest BCUT2D eigenvalue weighted by Crippen LogP contribution is 2.20. The molecule has 1 aliphatic rings. The molecule has 4 nitrogen and oxygen atoms in total. The van der Waals surface area contributed by atoms with Crippen LogP contribution in [0.3, 0.4) is 0 Å². The Bertz CT molecular complexity index is 206. The van der Waals surface area contributed by atoms with E-state index >= 15 is 0 Å².